The lowest BCUT2D eigenvalue weighted by molar-refractivity contribution is -0.141. The van der Waals surface area contributed by atoms with Crippen molar-refractivity contribution in [3.8, 4) is 28.3 Å². The molecule has 9 nitrogen and oxygen atoms in total. The lowest BCUT2D eigenvalue weighted by atomic mass is 9.99. The van der Waals surface area contributed by atoms with Gasteiger partial charge in [-0.05, 0) is 23.8 Å². The van der Waals surface area contributed by atoms with E-state index in [4.69, 9.17) is 25.5 Å². The van der Waals surface area contributed by atoms with Crippen molar-refractivity contribution >= 4 is 17.6 Å². The second kappa shape index (κ2) is 8.89. The molecule has 1 atom stereocenters. The highest BCUT2D eigenvalue weighted by atomic mass is 35.5. The van der Waals surface area contributed by atoms with Gasteiger partial charge in [0.2, 0.25) is 12.3 Å². The molecule has 0 spiro atoms. The van der Waals surface area contributed by atoms with Crippen molar-refractivity contribution in [1.29, 1.82) is 0 Å². The maximum absolute atomic E-state index is 12.8. The van der Waals surface area contributed by atoms with Gasteiger partial charge in [-0.25, -0.2) is 4.79 Å². The maximum atomic E-state index is 12.8. The van der Waals surface area contributed by atoms with E-state index < -0.39 is 17.6 Å². The van der Waals surface area contributed by atoms with Crippen LogP contribution in [0.4, 0.5) is 0 Å². The molecule has 0 radical (unpaired) electrons. The first kappa shape index (κ1) is 20.6. The average Bonchev–Trinajstić information content (AvgIpc) is 3.23. The third-order valence-electron chi connectivity index (χ3n) is 4.34. The SMILES string of the molecule is COCCC(C(=O)O)n1cc(OC)c(-c2cc(Cl)ccc2-c2nnco2)cc1=O. The van der Waals surface area contributed by atoms with E-state index >= 15 is 0 Å². The van der Waals surface area contributed by atoms with Crippen molar-refractivity contribution in [2.75, 3.05) is 20.8 Å². The zero-order valence-electron chi connectivity index (χ0n) is 15.7. The molecular weight excluding hydrogens is 402 g/mol. The van der Waals surface area contributed by atoms with Crippen LogP contribution in [0, 0.1) is 0 Å². The van der Waals surface area contributed by atoms with E-state index in [1.807, 2.05) is 0 Å². The van der Waals surface area contributed by atoms with Crippen LogP contribution in [0.2, 0.25) is 5.02 Å². The van der Waals surface area contributed by atoms with E-state index in [0.29, 0.717) is 21.7 Å². The molecule has 0 fully saturated rings. The van der Waals surface area contributed by atoms with Crippen LogP contribution < -0.4 is 10.3 Å². The van der Waals surface area contributed by atoms with Gasteiger partial charge in [0.1, 0.15) is 11.8 Å². The zero-order chi connectivity index (χ0) is 21.0. The number of halogens is 1. The van der Waals surface area contributed by atoms with Crippen LogP contribution in [0.3, 0.4) is 0 Å². The number of pyridine rings is 1. The molecule has 3 rings (SSSR count). The van der Waals surface area contributed by atoms with Crippen molar-refractivity contribution in [1.82, 2.24) is 14.8 Å². The van der Waals surface area contributed by atoms with Crippen molar-refractivity contribution in [2.45, 2.75) is 12.5 Å². The summed E-state index contributed by atoms with van der Waals surface area (Å²) in [6.45, 7) is 0.184. The van der Waals surface area contributed by atoms with Gasteiger partial charge in [0, 0.05) is 42.4 Å². The summed E-state index contributed by atoms with van der Waals surface area (Å²) >= 11 is 6.16. The Bertz CT molecular complexity index is 1060. The van der Waals surface area contributed by atoms with E-state index in [1.165, 1.54) is 32.9 Å². The normalized spacial score (nSPS) is 12.0. The summed E-state index contributed by atoms with van der Waals surface area (Å²) in [6.07, 6.45) is 2.68. The number of ether oxygens (including phenoxy) is 2. The minimum Gasteiger partial charge on any atom is -0.495 e. The standard InChI is InChI=1S/C19H18ClN3O6/c1-27-6-5-15(19(25)26)23-9-16(28-2)14(8-17(23)24)13-7-11(20)3-4-12(13)18-22-21-10-29-18/h3-4,7-10,15H,5-6H2,1-2H3,(H,25,26). The molecule has 10 heteroatoms. The highest BCUT2D eigenvalue weighted by Crippen LogP contribution is 2.37. The molecule has 1 aromatic carbocycles. The molecule has 29 heavy (non-hydrogen) atoms. The predicted octanol–water partition coefficient (Wildman–Crippen LogP) is 2.89. The third-order valence-corrected chi connectivity index (χ3v) is 4.58. The number of carboxylic acid groups (broad SMARTS) is 1. The fourth-order valence-electron chi connectivity index (χ4n) is 2.97. The molecule has 1 N–H and O–H groups in total. The summed E-state index contributed by atoms with van der Waals surface area (Å²) in [7, 11) is 2.89. The van der Waals surface area contributed by atoms with Crippen LogP contribution in [0.15, 0.2) is 46.1 Å². The van der Waals surface area contributed by atoms with Gasteiger partial charge in [-0.3, -0.25) is 9.36 Å². The van der Waals surface area contributed by atoms with Gasteiger partial charge in [-0.1, -0.05) is 11.6 Å². The average molecular weight is 420 g/mol. The second-order valence-corrected chi connectivity index (χ2v) is 6.51. The van der Waals surface area contributed by atoms with Crippen LogP contribution in [-0.2, 0) is 9.53 Å². The number of hydrogen-bond donors (Lipinski definition) is 1. The maximum Gasteiger partial charge on any atom is 0.326 e. The molecule has 0 aliphatic rings. The van der Waals surface area contributed by atoms with Crippen LogP contribution in [0.5, 0.6) is 5.75 Å². The monoisotopic (exact) mass is 419 g/mol. The van der Waals surface area contributed by atoms with E-state index in [0.717, 1.165) is 4.57 Å². The molecule has 1 unspecified atom stereocenters. The van der Waals surface area contributed by atoms with Crippen LogP contribution in [0.25, 0.3) is 22.6 Å². The number of carbonyl (C=O) groups is 1. The Morgan fingerprint density at radius 1 is 1.28 bits per heavy atom. The number of benzene rings is 1. The van der Waals surface area contributed by atoms with Gasteiger partial charge in [0.15, 0.2) is 0 Å². The molecule has 2 heterocycles. The third kappa shape index (κ3) is 4.30. The minimum atomic E-state index is -1.15. The molecule has 0 amide bonds. The Labute approximate surface area is 170 Å². The van der Waals surface area contributed by atoms with Gasteiger partial charge in [0.25, 0.3) is 5.56 Å². The summed E-state index contributed by atoms with van der Waals surface area (Å²) in [5.74, 6) is -0.615. The van der Waals surface area contributed by atoms with Crippen molar-refractivity contribution in [2.24, 2.45) is 0 Å². The Morgan fingerprint density at radius 3 is 2.69 bits per heavy atom. The van der Waals surface area contributed by atoms with E-state index in [9.17, 15) is 14.7 Å². The Morgan fingerprint density at radius 2 is 2.07 bits per heavy atom. The summed E-state index contributed by atoms with van der Waals surface area (Å²) in [6, 6.07) is 5.19. The number of rotatable bonds is 8. The number of aliphatic carboxylic acids is 1. The van der Waals surface area contributed by atoms with Crippen LogP contribution in [0.1, 0.15) is 12.5 Å². The Kier molecular flexibility index (Phi) is 6.30. The molecule has 3 aromatic rings. The lowest BCUT2D eigenvalue weighted by Gasteiger charge is -2.18. The first-order chi connectivity index (χ1) is 14.0. The fourth-order valence-corrected chi connectivity index (χ4v) is 3.14. The van der Waals surface area contributed by atoms with Gasteiger partial charge in [-0.15, -0.1) is 10.2 Å². The molecular formula is C19H18ClN3O6. The lowest BCUT2D eigenvalue weighted by Crippen LogP contribution is -2.30. The van der Waals surface area contributed by atoms with Gasteiger partial charge in [0.05, 0.1) is 13.3 Å². The number of hydrogen-bond acceptors (Lipinski definition) is 7. The van der Waals surface area contributed by atoms with Gasteiger partial charge < -0.3 is 19.0 Å². The number of methoxy groups -OCH3 is 2. The molecule has 0 saturated heterocycles. The van der Waals surface area contributed by atoms with Crippen LogP contribution in [-0.4, -0.2) is 46.7 Å². The van der Waals surface area contributed by atoms with Crippen molar-refractivity contribution < 1.29 is 23.8 Å². The fraction of sp³-hybridized carbons (Fsp3) is 0.263. The van der Waals surface area contributed by atoms with E-state index in [2.05, 4.69) is 10.2 Å². The van der Waals surface area contributed by atoms with Gasteiger partial charge >= 0.3 is 5.97 Å². The molecule has 2 aromatic heterocycles. The second-order valence-electron chi connectivity index (χ2n) is 6.07. The summed E-state index contributed by atoms with van der Waals surface area (Å²) < 4.78 is 16.8. The molecule has 0 saturated carbocycles. The quantitative estimate of drug-likeness (QED) is 0.592. The van der Waals surface area contributed by atoms with Crippen molar-refractivity contribution in [3.05, 3.63) is 52.2 Å². The predicted molar refractivity (Wildman–Crippen MR) is 104 cm³/mol. The summed E-state index contributed by atoms with van der Waals surface area (Å²) in [5, 5.41) is 17.5. The smallest absolute Gasteiger partial charge is 0.326 e. The summed E-state index contributed by atoms with van der Waals surface area (Å²) in [5.41, 5.74) is 0.990. The Balaban J connectivity index is 2.18. The first-order valence-electron chi connectivity index (χ1n) is 8.54. The zero-order valence-corrected chi connectivity index (χ0v) is 16.4. The number of nitrogens with zero attached hydrogens (tertiary/aromatic N) is 3. The highest BCUT2D eigenvalue weighted by molar-refractivity contribution is 6.31. The molecule has 152 valence electrons. The number of aromatic nitrogens is 3. The van der Waals surface area contributed by atoms with E-state index in [1.54, 1.807) is 18.2 Å². The summed E-state index contributed by atoms with van der Waals surface area (Å²) in [4.78, 5) is 24.5. The minimum absolute atomic E-state index is 0.124. The topological polar surface area (TPSA) is 117 Å². The van der Waals surface area contributed by atoms with E-state index in [-0.39, 0.29) is 24.7 Å². The van der Waals surface area contributed by atoms with Crippen molar-refractivity contribution in [3.63, 3.8) is 0 Å². The highest BCUT2D eigenvalue weighted by Gasteiger charge is 2.24. The number of carboxylic acids is 1. The molecule has 0 aliphatic heterocycles. The van der Waals surface area contributed by atoms with Gasteiger partial charge in [-0.2, -0.15) is 0 Å². The molecule has 0 bridgehead atoms. The molecule has 0 aliphatic carbocycles. The largest absolute Gasteiger partial charge is 0.495 e. The first-order valence-corrected chi connectivity index (χ1v) is 8.92. The Hall–Kier alpha value is -3.17. The van der Waals surface area contributed by atoms with Crippen LogP contribution >= 0.6 is 11.6 Å².